The van der Waals surface area contributed by atoms with Crippen molar-refractivity contribution < 1.29 is 0 Å². The molecular weight excluding hydrogens is 258 g/mol. The second-order valence-corrected chi connectivity index (χ2v) is 6.83. The summed E-state index contributed by atoms with van der Waals surface area (Å²) in [5, 5.41) is 3.43. The van der Waals surface area contributed by atoms with E-state index in [-0.39, 0.29) is 5.54 Å². The Morgan fingerprint density at radius 1 is 0.667 bits per heavy atom. The van der Waals surface area contributed by atoms with Gasteiger partial charge in [-0.25, -0.2) is 0 Å². The lowest BCUT2D eigenvalue weighted by Crippen LogP contribution is -2.21. The Morgan fingerprint density at radius 2 is 1.05 bits per heavy atom. The molecule has 0 N–H and O–H groups in total. The van der Waals surface area contributed by atoms with Crippen molar-refractivity contribution >= 4 is 0 Å². The summed E-state index contributed by atoms with van der Waals surface area (Å²) in [6.07, 6.45) is 17.9. The average Bonchev–Trinajstić information content (AvgIpc) is 2.49. The summed E-state index contributed by atoms with van der Waals surface area (Å²) in [6.45, 7) is 2.04. The highest BCUT2D eigenvalue weighted by molar-refractivity contribution is 4.98. The Labute approximate surface area is 131 Å². The highest BCUT2D eigenvalue weighted by Crippen LogP contribution is 2.26. The molecule has 0 heterocycles. The van der Waals surface area contributed by atoms with Gasteiger partial charge in [-0.3, -0.25) is 0 Å². The molecule has 120 valence electrons. The first-order valence-corrected chi connectivity index (χ1v) is 9.07. The molecular formula is C19H33NO. The molecule has 0 radical (unpaired) electrons. The van der Waals surface area contributed by atoms with Crippen LogP contribution in [-0.2, 0) is 0 Å². The topological polar surface area (TPSA) is 29.4 Å². The van der Waals surface area contributed by atoms with Gasteiger partial charge in [-0.1, -0.05) is 63.0 Å². The largest absolute Gasteiger partial charge is 0.150 e. The summed E-state index contributed by atoms with van der Waals surface area (Å²) in [7, 11) is 0. The van der Waals surface area contributed by atoms with Crippen LogP contribution in [0.4, 0.5) is 0 Å². The molecule has 0 aromatic carbocycles. The lowest BCUT2D eigenvalue weighted by molar-refractivity contribution is 0.365. The molecule has 1 atom stereocenters. The molecule has 1 aliphatic rings. The monoisotopic (exact) mass is 291 g/mol. The minimum absolute atomic E-state index is 0.322. The fourth-order valence-corrected chi connectivity index (χ4v) is 3.07. The van der Waals surface area contributed by atoms with Crippen LogP contribution in [-0.4, -0.2) is 5.54 Å². The summed E-state index contributed by atoms with van der Waals surface area (Å²) in [5.74, 6) is 6.59. The van der Waals surface area contributed by atoms with Gasteiger partial charge in [-0.15, -0.1) is 11.8 Å². The Balaban J connectivity index is 2.34. The predicted octanol–water partition coefficient (Wildman–Crippen LogP) is 6.38. The fourth-order valence-electron chi connectivity index (χ4n) is 3.07. The first kappa shape index (κ1) is 18.2. The third-order valence-electron chi connectivity index (χ3n) is 4.63. The summed E-state index contributed by atoms with van der Waals surface area (Å²) in [4.78, 5) is 11.1. The average molecular weight is 291 g/mol. The van der Waals surface area contributed by atoms with Crippen molar-refractivity contribution in [3.05, 3.63) is 4.91 Å². The van der Waals surface area contributed by atoms with E-state index in [1.54, 1.807) is 0 Å². The minimum atomic E-state index is -0.322. The van der Waals surface area contributed by atoms with Gasteiger partial charge in [-0.2, -0.15) is 4.91 Å². The third kappa shape index (κ3) is 9.67. The Bertz CT molecular complexity index is 328. The maximum absolute atomic E-state index is 11.1. The van der Waals surface area contributed by atoms with Crippen LogP contribution >= 0.6 is 0 Å². The molecule has 1 aliphatic carbocycles. The van der Waals surface area contributed by atoms with Gasteiger partial charge in [0, 0.05) is 12.8 Å². The lowest BCUT2D eigenvalue weighted by atomic mass is 9.89. The number of nitroso groups, excluding NO2 is 1. The lowest BCUT2D eigenvalue weighted by Gasteiger charge is -2.21. The molecule has 1 unspecified atom stereocenters. The van der Waals surface area contributed by atoms with Gasteiger partial charge in [0.2, 0.25) is 0 Å². The molecule has 0 aromatic heterocycles. The van der Waals surface area contributed by atoms with E-state index in [0.717, 1.165) is 38.5 Å². The predicted molar refractivity (Wildman–Crippen MR) is 91.2 cm³/mol. The van der Waals surface area contributed by atoms with Crippen LogP contribution in [0.5, 0.6) is 0 Å². The van der Waals surface area contributed by atoms with Crippen molar-refractivity contribution in [2.45, 2.75) is 109 Å². The molecule has 0 saturated carbocycles. The van der Waals surface area contributed by atoms with E-state index < -0.39 is 0 Å². The summed E-state index contributed by atoms with van der Waals surface area (Å²) >= 11 is 0. The standard InChI is InChI=1S/C19H33NO/c1-19(20-21)17-15-13-11-9-7-5-3-2-4-6-8-10-12-14-16-18-19/h2-5,7,9-18H2,1H3. The highest BCUT2D eigenvalue weighted by Gasteiger charge is 2.23. The van der Waals surface area contributed by atoms with E-state index in [9.17, 15) is 4.91 Å². The van der Waals surface area contributed by atoms with Crippen LogP contribution in [0.2, 0.25) is 0 Å². The molecule has 0 aliphatic heterocycles. The molecule has 0 bridgehead atoms. The zero-order chi connectivity index (χ0) is 15.2. The van der Waals surface area contributed by atoms with Crippen molar-refractivity contribution in [1.29, 1.82) is 0 Å². The van der Waals surface area contributed by atoms with Gasteiger partial charge in [0.1, 0.15) is 0 Å². The van der Waals surface area contributed by atoms with Crippen LogP contribution < -0.4 is 0 Å². The van der Waals surface area contributed by atoms with Crippen molar-refractivity contribution in [2.24, 2.45) is 5.18 Å². The van der Waals surface area contributed by atoms with Gasteiger partial charge >= 0.3 is 0 Å². The number of hydrogen-bond donors (Lipinski definition) is 0. The number of nitrogens with zero attached hydrogens (tertiary/aromatic N) is 1. The van der Waals surface area contributed by atoms with Crippen molar-refractivity contribution in [3.8, 4) is 11.8 Å². The minimum Gasteiger partial charge on any atom is -0.150 e. The second kappa shape index (κ2) is 11.8. The smallest absolute Gasteiger partial charge is 0.0998 e. The molecule has 21 heavy (non-hydrogen) atoms. The van der Waals surface area contributed by atoms with Crippen molar-refractivity contribution in [2.75, 3.05) is 0 Å². The van der Waals surface area contributed by atoms with Crippen LogP contribution in [0.1, 0.15) is 103 Å². The summed E-state index contributed by atoms with van der Waals surface area (Å²) in [5.41, 5.74) is -0.322. The van der Waals surface area contributed by atoms with Crippen LogP contribution in [0.3, 0.4) is 0 Å². The maximum Gasteiger partial charge on any atom is 0.0998 e. The molecule has 0 fully saturated rings. The summed E-state index contributed by atoms with van der Waals surface area (Å²) < 4.78 is 0. The molecule has 0 amide bonds. The van der Waals surface area contributed by atoms with E-state index in [2.05, 4.69) is 17.0 Å². The Hall–Kier alpha value is -0.840. The van der Waals surface area contributed by atoms with Gasteiger partial charge in [0.25, 0.3) is 0 Å². The van der Waals surface area contributed by atoms with Gasteiger partial charge in [0.15, 0.2) is 0 Å². The van der Waals surface area contributed by atoms with Crippen LogP contribution in [0, 0.1) is 16.7 Å². The van der Waals surface area contributed by atoms with Gasteiger partial charge < -0.3 is 0 Å². The molecule has 2 heteroatoms. The molecule has 1 rings (SSSR count). The van der Waals surface area contributed by atoms with Crippen molar-refractivity contribution in [1.82, 2.24) is 0 Å². The zero-order valence-electron chi connectivity index (χ0n) is 14.0. The third-order valence-corrected chi connectivity index (χ3v) is 4.63. The molecule has 0 aromatic rings. The fraction of sp³-hybridized carbons (Fsp3) is 0.895. The summed E-state index contributed by atoms with van der Waals surface area (Å²) in [6, 6.07) is 0. The van der Waals surface area contributed by atoms with Gasteiger partial charge in [-0.05, 0) is 32.6 Å². The first-order valence-electron chi connectivity index (χ1n) is 9.07. The quantitative estimate of drug-likeness (QED) is 0.407. The highest BCUT2D eigenvalue weighted by atomic mass is 16.3. The van der Waals surface area contributed by atoms with E-state index in [1.165, 1.54) is 57.8 Å². The molecule has 0 saturated heterocycles. The normalized spacial score (nSPS) is 27.7. The maximum atomic E-state index is 11.1. The number of hydrogen-bond acceptors (Lipinski definition) is 2. The molecule has 0 spiro atoms. The van der Waals surface area contributed by atoms with Gasteiger partial charge in [0.05, 0.1) is 5.54 Å². The first-order chi connectivity index (χ1) is 10.3. The number of rotatable bonds is 1. The van der Waals surface area contributed by atoms with E-state index >= 15 is 0 Å². The Morgan fingerprint density at radius 3 is 1.52 bits per heavy atom. The van der Waals surface area contributed by atoms with E-state index in [1.807, 2.05) is 6.92 Å². The Kier molecular flexibility index (Phi) is 10.2. The van der Waals surface area contributed by atoms with E-state index in [4.69, 9.17) is 0 Å². The van der Waals surface area contributed by atoms with Crippen LogP contribution in [0.25, 0.3) is 0 Å². The van der Waals surface area contributed by atoms with Crippen LogP contribution in [0.15, 0.2) is 5.18 Å². The van der Waals surface area contributed by atoms with E-state index in [0.29, 0.717) is 0 Å². The second-order valence-electron chi connectivity index (χ2n) is 6.83. The molecule has 2 nitrogen and oxygen atoms in total. The zero-order valence-corrected chi connectivity index (χ0v) is 14.0. The van der Waals surface area contributed by atoms with Crippen molar-refractivity contribution in [3.63, 3.8) is 0 Å². The SMILES string of the molecule is CC1(N=O)CCCCCC#CCCCCCCCCCC1.